The van der Waals surface area contributed by atoms with Crippen molar-refractivity contribution in [3.8, 4) is 0 Å². The van der Waals surface area contributed by atoms with Crippen LogP contribution in [-0.2, 0) is 13.3 Å². The van der Waals surface area contributed by atoms with E-state index < -0.39 is 8.80 Å². The molecule has 0 atom stereocenters. The molecule has 0 fully saturated rings. The molecule has 0 bridgehead atoms. The predicted molar refractivity (Wildman–Crippen MR) is 133 cm³/mol. The van der Waals surface area contributed by atoms with Crippen molar-refractivity contribution in [3.63, 3.8) is 0 Å². The standard InChI is InChI=1S/C25H55NO3Si/c1-7-11-12-13-14-15-16-17-18-19-20-22-25(5,6)26-23-21-24-30(27-8-2,28-9-3)29-10-4/h26H,7-24H2,1-6H3. The molecule has 0 aliphatic rings. The fraction of sp³-hybridized carbons (Fsp3) is 1.00. The van der Waals surface area contributed by atoms with Crippen molar-refractivity contribution >= 4 is 8.80 Å². The Kier molecular flexibility index (Phi) is 19.8. The maximum absolute atomic E-state index is 5.95. The third-order valence-electron chi connectivity index (χ3n) is 5.76. The Morgan fingerprint density at radius 1 is 0.600 bits per heavy atom. The Bertz CT molecular complexity index is 349. The smallest absolute Gasteiger partial charge is 0.374 e. The molecule has 0 aromatic carbocycles. The van der Waals surface area contributed by atoms with Gasteiger partial charge in [0.1, 0.15) is 0 Å². The van der Waals surface area contributed by atoms with Crippen LogP contribution in [0.25, 0.3) is 0 Å². The molecule has 0 unspecified atom stereocenters. The lowest BCUT2D eigenvalue weighted by molar-refractivity contribution is 0.0706. The van der Waals surface area contributed by atoms with Gasteiger partial charge in [-0.1, -0.05) is 77.6 Å². The van der Waals surface area contributed by atoms with Gasteiger partial charge >= 0.3 is 8.80 Å². The van der Waals surface area contributed by atoms with Crippen molar-refractivity contribution in [2.24, 2.45) is 0 Å². The molecule has 0 heterocycles. The minimum absolute atomic E-state index is 0.201. The Morgan fingerprint density at radius 3 is 1.47 bits per heavy atom. The molecule has 0 aliphatic carbocycles. The zero-order valence-electron chi connectivity index (χ0n) is 21.5. The molecule has 0 saturated heterocycles. The molecule has 0 radical (unpaired) electrons. The summed E-state index contributed by atoms with van der Waals surface area (Å²) in [6.07, 6.45) is 17.7. The Hall–Kier alpha value is 0.0569. The second kappa shape index (κ2) is 19.7. The summed E-state index contributed by atoms with van der Waals surface area (Å²) in [7, 11) is -2.49. The van der Waals surface area contributed by atoms with E-state index >= 15 is 0 Å². The Labute approximate surface area is 190 Å². The molecule has 30 heavy (non-hydrogen) atoms. The van der Waals surface area contributed by atoms with Crippen LogP contribution in [0.4, 0.5) is 0 Å². The average molecular weight is 446 g/mol. The summed E-state index contributed by atoms with van der Waals surface area (Å²) in [6.45, 7) is 16.0. The van der Waals surface area contributed by atoms with Gasteiger partial charge in [-0.15, -0.1) is 0 Å². The van der Waals surface area contributed by atoms with Gasteiger partial charge in [0.05, 0.1) is 0 Å². The zero-order chi connectivity index (χ0) is 22.6. The second-order valence-corrected chi connectivity index (χ2v) is 11.9. The number of hydrogen-bond donors (Lipinski definition) is 1. The SMILES string of the molecule is CCCCCCCCCCCCCC(C)(C)NCCC[Si](OCC)(OCC)OCC. The van der Waals surface area contributed by atoms with Crippen LogP contribution in [0.1, 0.15) is 125 Å². The van der Waals surface area contributed by atoms with Crippen molar-refractivity contribution in [3.05, 3.63) is 0 Å². The van der Waals surface area contributed by atoms with E-state index in [9.17, 15) is 0 Å². The number of hydrogen-bond acceptors (Lipinski definition) is 4. The molecule has 182 valence electrons. The summed E-state index contributed by atoms with van der Waals surface area (Å²) in [5, 5.41) is 3.75. The van der Waals surface area contributed by atoms with Crippen LogP contribution in [0.15, 0.2) is 0 Å². The van der Waals surface area contributed by atoms with E-state index in [0.29, 0.717) is 19.8 Å². The van der Waals surface area contributed by atoms with E-state index in [1.54, 1.807) is 0 Å². The van der Waals surface area contributed by atoms with E-state index in [2.05, 4.69) is 26.1 Å². The first-order valence-corrected chi connectivity index (χ1v) is 15.0. The highest BCUT2D eigenvalue weighted by Crippen LogP contribution is 2.20. The van der Waals surface area contributed by atoms with E-state index in [4.69, 9.17) is 13.3 Å². The van der Waals surface area contributed by atoms with Gasteiger partial charge in [-0.05, 0) is 54.0 Å². The zero-order valence-corrected chi connectivity index (χ0v) is 22.5. The number of nitrogens with one attached hydrogen (secondary N) is 1. The van der Waals surface area contributed by atoms with Gasteiger partial charge in [-0.2, -0.15) is 0 Å². The predicted octanol–water partition coefficient (Wildman–Crippen LogP) is 7.49. The summed E-state index contributed by atoms with van der Waals surface area (Å²) < 4.78 is 17.9. The van der Waals surface area contributed by atoms with E-state index in [1.807, 2.05) is 20.8 Å². The van der Waals surface area contributed by atoms with Crippen molar-refractivity contribution in [2.75, 3.05) is 26.4 Å². The van der Waals surface area contributed by atoms with Crippen LogP contribution in [-0.4, -0.2) is 40.7 Å². The second-order valence-electron chi connectivity index (χ2n) is 9.18. The van der Waals surface area contributed by atoms with E-state index in [1.165, 1.54) is 77.0 Å². The first-order chi connectivity index (χ1) is 14.4. The molecule has 0 saturated carbocycles. The number of rotatable bonds is 23. The van der Waals surface area contributed by atoms with Crippen LogP contribution in [0.5, 0.6) is 0 Å². The summed E-state index contributed by atoms with van der Waals surface area (Å²) in [6, 6.07) is 0.893. The Balaban J connectivity index is 3.84. The first kappa shape index (κ1) is 30.1. The lowest BCUT2D eigenvalue weighted by Gasteiger charge is -2.30. The van der Waals surface area contributed by atoms with Gasteiger partial charge in [0, 0.05) is 31.4 Å². The lowest BCUT2D eigenvalue weighted by atomic mass is 9.95. The highest BCUT2D eigenvalue weighted by molar-refractivity contribution is 6.60. The lowest BCUT2D eigenvalue weighted by Crippen LogP contribution is -2.47. The molecule has 0 aliphatic heterocycles. The summed E-state index contributed by atoms with van der Waals surface area (Å²) in [4.78, 5) is 0. The van der Waals surface area contributed by atoms with E-state index in [-0.39, 0.29) is 5.54 Å². The van der Waals surface area contributed by atoms with E-state index in [0.717, 1.165) is 19.0 Å². The van der Waals surface area contributed by atoms with Crippen LogP contribution < -0.4 is 5.32 Å². The van der Waals surface area contributed by atoms with Gasteiger partial charge in [-0.3, -0.25) is 0 Å². The van der Waals surface area contributed by atoms with Crippen molar-refractivity contribution in [2.45, 2.75) is 137 Å². The van der Waals surface area contributed by atoms with Crippen LogP contribution in [0.3, 0.4) is 0 Å². The monoisotopic (exact) mass is 445 g/mol. The fourth-order valence-corrected chi connectivity index (χ4v) is 6.66. The molecule has 1 N–H and O–H groups in total. The molecule has 0 amide bonds. The number of unbranched alkanes of at least 4 members (excludes halogenated alkanes) is 10. The summed E-state index contributed by atoms with van der Waals surface area (Å²) in [5.41, 5.74) is 0.201. The van der Waals surface area contributed by atoms with Gasteiger partial charge in [0.15, 0.2) is 0 Å². The largest absolute Gasteiger partial charge is 0.500 e. The van der Waals surface area contributed by atoms with Crippen molar-refractivity contribution in [1.29, 1.82) is 0 Å². The highest BCUT2D eigenvalue weighted by atomic mass is 28.4. The van der Waals surface area contributed by atoms with Crippen molar-refractivity contribution < 1.29 is 13.3 Å². The maximum Gasteiger partial charge on any atom is 0.500 e. The average Bonchev–Trinajstić information content (AvgIpc) is 2.70. The van der Waals surface area contributed by atoms with Gasteiger partial charge in [-0.25, -0.2) is 0 Å². The third-order valence-corrected chi connectivity index (χ3v) is 8.91. The molecular formula is C25H55NO3Si. The molecule has 5 heteroatoms. The third kappa shape index (κ3) is 16.7. The molecule has 4 nitrogen and oxygen atoms in total. The topological polar surface area (TPSA) is 39.7 Å². The molecular weight excluding hydrogens is 390 g/mol. The van der Waals surface area contributed by atoms with Gasteiger partial charge in [0.2, 0.25) is 0 Å². The first-order valence-electron chi connectivity index (χ1n) is 13.1. The van der Waals surface area contributed by atoms with Gasteiger partial charge < -0.3 is 18.6 Å². The normalized spacial score (nSPS) is 12.6. The van der Waals surface area contributed by atoms with Crippen LogP contribution in [0.2, 0.25) is 6.04 Å². The Morgan fingerprint density at radius 2 is 1.03 bits per heavy atom. The highest BCUT2D eigenvalue weighted by Gasteiger charge is 2.39. The summed E-state index contributed by atoms with van der Waals surface area (Å²) in [5.74, 6) is 0. The van der Waals surface area contributed by atoms with Gasteiger partial charge in [0.25, 0.3) is 0 Å². The van der Waals surface area contributed by atoms with Crippen LogP contribution in [0, 0.1) is 0 Å². The molecule has 0 rings (SSSR count). The van der Waals surface area contributed by atoms with Crippen LogP contribution >= 0.6 is 0 Å². The molecule has 0 spiro atoms. The fourth-order valence-electron chi connectivity index (χ4n) is 4.05. The quantitative estimate of drug-likeness (QED) is 0.131. The summed E-state index contributed by atoms with van der Waals surface area (Å²) >= 11 is 0. The minimum Gasteiger partial charge on any atom is -0.374 e. The van der Waals surface area contributed by atoms with Crippen molar-refractivity contribution in [1.82, 2.24) is 5.32 Å². The molecule has 0 aromatic heterocycles. The molecule has 0 aromatic rings. The minimum atomic E-state index is -2.49. The maximum atomic E-state index is 5.95.